The third kappa shape index (κ3) is 3.33. The molecule has 0 unspecified atom stereocenters. The molecule has 1 aliphatic rings. The monoisotopic (exact) mass is 341 g/mol. The smallest absolute Gasteiger partial charge is 0.268 e. The van der Waals surface area contributed by atoms with Gasteiger partial charge in [0.15, 0.2) is 0 Å². The molecule has 2 amide bonds. The van der Waals surface area contributed by atoms with Crippen LogP contribution in [0.3, 0.4) is 0 Å². The molecule has 0 aliphatic carbocycles. The number of amides is 2. The van der Waals surface area contributed by atoms with Crippen molar-refractivity contribution < 1.29 is 14.5 Å². The van der Waals surface area contributed by atoms with Crippen molar-refractivity contribution >= 4 is 34.7 Å². The second kappa shape index (κ2) is 6.63. The van der Waals surface area contributed by atoms with E-state index in [1.165, 1.54) is 24.3 Å². The number of thioether (sulfide) groups is 1. The second-order valence-electron chi connectivity index (χ2n) is 4.98. The summed E-state index contributed by atoms with van der Waals surface area (Å²) in [6.45, 7) is 0.0764. The van der Waals surface area contributed by atoms with E-state index in [4.69, 9.17) is 0 Å². The van der Waals surface area contributed by atoms with Gasteiger partial charge in [-0.25, -0.2) is 0 Å². The molecule has 0 bridgehead atoms. The minimum Gasteiger partial charge on any atom is -0.268 e. The fourth-order valence-electron chi connectivity index (χ4n) is 2.15. The van der Waals surface area contributed by atoms with E-state index >= 15 is 0 Å². The lowest BCUT2D eigenvalue weighted by molar-refractivity contribution is -0.384. The van der Waals surface area contributed by atoms with Crippen LogP contribution in [0.5, 0.6) is 0 Å². The molecular weight excluding hydrogens is 330 g/mol. The van der Waals surface area contributed by atoms with E-state index in [0.717, 1.165) is 22.2 Å². The normalized spacial score (nSPS) is 16.0. The van der Waals surface area contributed by atoms with Crippen LogP contribution >= 0.6 is 11.8 Å². The van der Waals surface area contributed by atoms with Crippen LogP contribution in [0.25, 0.3) is 6.08 Å². The van der Waals surface area contributed by atoms with Gasteiger partial charge in [0, 0.05) is 24.5 Å². The highest BCUT2D eigenvalue weighted by atomic mass is 32.2. The predicted octanol–water partition coefficient (Wildman–Crippen LogP) is 3.23. The minimum atomic E-state index is -0.499. The third-order valence-electron chi connectivity index (χ3n) is 3.34. The standard InChI is InChI=1S/C16H11N3O4S/c20-15-14(8-12-2-1-7-17-9-12)24-16(21)18(15)10-11-3-5-13(6-4-11)19(22)23/h1-9H,10H2/b14-8+. The predicted molar refractivity (Wildman–Crippen MR) is 88.8 cm³/mol. The van der Waals surface area contributed by atoms with Crippen molar-refractivity contribution in [1.82, 2.24) is 9.88 Å². The summed E-state index contributed by atoms with van der Waals surface area (Å²) in [5.41, 5.74) is 1.34. The van der Waals surface area contributed by atoms with Crippen LogP contribution in [0.1, 0.15) is 11.1 Å². The van der Waals surface area contributed by atoms with Gasteiger partial charge in [-0.3, -0.25) is 29.6 Å². The van der Waals surface area contributed by atoms with E-state index in [2.05, 4.69) is 4.98 Å². The summed E-state index contributed by atoms with van der Waals surface area (Å²) < 4.78 is 0. The van der Waals surface area contributed by atoms with E-state index in [0.29, 0.717) is 10.5 Å². The van der Waals surface area contributed by atoms with Crippen LogP contribution < -0.4 is 0 Å². The van der Waals surface area contributed by atoms with Gasteiger partial charge in [0.2, 0.25) is 0 Å². The molecule has 1 aromatic carbocycles. The molecule has 1 aromatic heterocycles. The minimum absolute atomic E-state index is 0.0376. The summed E-state index contributed by atoms with van der Waals surface area (Å²) in [5.74, 6) is -0.382. The van der Waals surface area contributed by atoms with Crippen LogP contribution in [0.2, 0.25) is 0 Å². The number of rotatable bonds is 4. The Morgan fingerprint density at radius 1 is 1.21 bits per heavy atom. The van der Waals surface area contributed by atoms with Crippen molar-refractivity contribution in [2.75, 3.05) is 0 Å². The zero-order valence-corrected chi connectivity index (χ0v) is 13.1. The number of non-ortho nitro benzene ring substituents is 1. The second-order valence-corrected chi connectivity index (χ2v) is 5.97. The van der Waals surface area contributed by atoms with E-state index in [9.17, 15) is 19.7 Å². The SMILES string of the molecule is O=C1S/C(=C/c2cccnc2)C(=O)N1Cc1ccc([N+](=O)[O-])cc1. The highest BCUT2D eigenvalue weighted by Gasteiger charge is 2.35. The summed E-state index contributed by atoms with van der Waals surface area (Å²) in [5, 5.41) is 10.3. The summed E-state index contributed by atoms with van der Waals surface area (Å²) in [7, 11) is 0. The molecule has 120 valence electrons. The number of nitro groups is 1. The Balaban J connectivity index is 1.77. The number of carbonyl (C=O) groups excluding carboxylic acids is 2. The van der Waals surface area contributed by atoms with Gasteiger partial charge in [-0.2, -0.15) is 0 Å². The van der Waals surface area contributed by atoms with Gasteiger partial charge in [-0.1, -0.05) is 18.2 Å². The Kier molecular flexibility index (Phi) is 4.39. The Labute approximate surface area is 141 Å². The zero-order valence-electron chi connectivity index (χ0n) is 12.3. The molecule has 3 rings (SSSR count). The average molecular weight is 341 g/mol. The molecule has 0 radical (unpaired) electrons. The first-order chi connectivity index (χ1) is 11.5. The lowest BCUT2D eigenvalue weighted by Crippen LogP contribution is -2.27. The maximum Gasteiger partial charge on any atom is 0.293 e. The molecular formula is C16H11N3O4S. The fraction of sp³-hybridized carbons (Fsp3) is 0.0625. The topological polar surface area (TPSA) is 93.4 Å². The van der Waals surface area contributed by atoms with Gasteiger partial charge in [0.05, 0.1) is 16.4 Å². The van der Waals surface area contributed by atoms with Crippen molar-refractivity contribution in [1.29, 1.82) is 0 Å². The third-order valence-corrected chi connectivity index (χ3v) is 4.25. The van der Waals surface area contributed by atoms with Crippen molar-refractivity contribution in [3.8, 4) is 0 Å². The maximum atomic E-state index is 12.4. The number of hydrogen-bond acceptors (Lipinski definition) is 6. The lowest BCUT2D eigenvalue weighted by Gasteiger charge is -2.12. The van der Waals surface area contributed by atoms with Crippen molar-refractivity contribution in [2.45, 2.75) is 6.54 Å². The van der Waals surface area contributed by atoms with E-state index in [1.807, 2.05) is 0 Å². The number of carbonyl (C=O) groups is 2. The number of benzene rings is 1. The Bertz CT molecular complexity index is 834. The van der Waals surface area contributed by atoms with Gasteiger partial charge in [0.25, 0.3) is 16.8 Å². The van der Waals surface area contributed by atoms with Crippen LogP contribution in [-0.2, 0) is 11.3 Å². The molecule has 1 saturated heterocycles. The summed E-state index contributed by atoms with van der Waals surface area (Å²) in [6.07, 6.45) is 4.84. The summed E-state index contributed by atoms with van der Waals surface area (Å²) >= 11 is 0.866. The first kappa shape index (κ1) is 15.9. The van der Waals surface area contributed by atoms with Crippen LogP contribution in [-0.4, -0.2) is 26.0 Å². The largest absolute Gasteiger partial charge is 0.293 e. The molecule has 2 heterocycles. The highest BCUT2D eigenvalue weighted by molar-refractivity contribution is 8.18. The first-order valence-corrected chi connectivity index (χ1v) is 7.75. The molecule has 1 fully saturated rings. The fourth-order valence-corrected chi connectivity index (χ4v) is 2.99. The van der Waals surface area contributed by atoms with Crippen LogP contribution in [0, 0.1) is 10.1 Å². The molecule has 7 nitrogen and oxygen atoms in total. The average Bonchev–Trinajstić information content (AvgIpc) is 2.84. The van der Waals surface area contributed by atoms with Gasteiger partial charge in [-0.15, -0.1) is 0 Å². The molecule has 2 aromatic rings. The van der Waals surface area contributed by atoms with Crippen LogP contribution in [0.4, 0.5) is 10.5 Å². The van der Waals surface area contributed by atoms with Crippen molar-refractivity contribution in [3.63, 3.8) is 0 Å². The van der Waals surface area contributed by atoms with Gasteiger partial charge < -0.3 is 0 Å². The molecule has 8 heteroatoms. The molecule has 0 spiro atoms. The van der Waals surface area contributed by atoms with Crippen molar-refractivity contribution in [3.05, 3.63) is 74.9 Å². The van der Waals surface area contributed by atoms with E-state index < -0.39 is 4.92 Å². The first-order valence-electron chi connectivity index (χ1n) is 6.93. The summed E-state index contributed by atoms with van der Waals surface area (Å²) in [4.78, 5) is 40.0. The summed E-state index contributed by atoms with van der Waals surface area (Å²) in [6, 6.07) is 9.29. The van der Waals surface area contributed by atoms with Gasteiger partial charge in [0.1, 0.15) is 0 Å². The molecule has 0 atom stereocenters. The number of nitrogens with zero attached hydrogens (tertiary/aromatic N) is 3. The van der Waals surface area contributed by atoms with E-state index in [1.54, 1.807) is 30.6 Å². The number of nitro benzene ring substituents is 1. The lowest BCUT2D eigenvalue weighted by atomic mass is 10.2. The van der Waals surface area contributed by atoms with Gasteiger partial charge in [-0.05, 0) is 35.0 Å². The highest BCUT2D eigenvalue weighted by Crippen LogP contribution is 2.33. The van der Waals surface area contributed by atoms with Gasteiger partial charge >= 0.3 is 0 Å². The van der Waals surface area contributed by atoms with Crippen LogP contribution in [0.15, 0.2) is 53.7 Å². The maximum absolute atomic E-state index is 12.4. The quantitative estimate of drug-likeness (QED) is 0.481. The molecule has 24 heavy (non-hydrogen) atoms. The molecule has 1 aliphatic heterocycles. The Morgan fingerprint density at radius 2 is 1.96 bits per heavy atom. The van der Waals surface area contributed by atoms with Crippen molar-refractivity contribution in [2.24, 2.45) is 0 Å². The zero-order chi connectivity index (χ0) is 17.1. The Morgan fingerprint density at radius 3 is 2.58 bits per heavy atom. The number of pyridine rings is 1. The molecule has 0 saturated carbocycles. The van der Waals surface area contributed by atoms with E-state index in [-0.39, 0.29) is 23.4 Å². The number of imide groups is 1. The molecule has 0 N–H and O–H groups in total. The Hall–Kier alpha value is -3.00. The number of aromatic nitrogens is 1. The number of hydrogen-bond donors (Lipinski definition) is 0.